The minimum Gasteiger partial charge on any atom is -0.356 e. The summed E-state index contributed by atoms with van der Waals surface area (Å²) in [5.41, 5.74) is 1.08. The molecule has 1 unspecified atom stereocenters. The summed E-state index contributed by atoms with van der Waals surface area (Å²) in [5.74, 6) is 4.08. The average molecular weight is 243 g/mol. The molecule has 15 heavy (non-hydrogen) atoms. The molecule has 1 saturated heterocycles. The van der Waals surface area contributed by atoms with Crippen molar-refractivity contribution in [1.29, 1.82) is 0 Å². The monoisotopic (exact) mass is 242 g/mol. The van der Waals surface area contributed by atoms with Crippen molar-refractivity contribution in [1.82, 2.24) is 4.98 Å². The van der Waals surface area contributed by atoms with Gasteiger partial charge in [-0.3, -0.25) is 0 Å². The number of halogens is 1. The van der Waals surface area contributed by atoms with Crippen molar-refractivity contribution in [2.24, 2.45) is 0 Å². The molecular weight excluding hydrogens is 228 g/mol. The predicted octanol–water partition coefficient (Wildman–Crippen LogP) is 2.76. The van der Waals surface area contributed by atoms with E-state index in [9.17, 15) is 0 Å². The number of alkyl halides is 1. The van der Waals surface area contributed by atoms with Gasteiger partial charge in [-0.25, -0.2) is 4.98 Å². The minimum atomic E-state index is 0.538. The molecule has 1 atom stereocenters. The smallest absolute Gasteiger partial charge is 0.128 e. The first-order chi connectivity index (χ1) is 7.31. The van der Waals surface area contributed by atoms with E-state index < -0.39 is 0 Å². The summed E-state index contributed by atoms with van der Waals surface area (Å²) in [7, 11) is 2.12. The number of thioether (sulfide) groups is 1. The van der Waals surface area contributed by atoms with Crippen LogP contribution in [0.3, 0.4) is 0 Å². The van der Waals surface area contributed by atoms with Gasteiger partial charge in [-0.2, -0.15) is 11.8 Å². The van der Waals surface area contributed by atoms with E-state index in [1.807, 2.05) is 24.0 Å². The second-order valence-electron chi connectivity index (χ2n) is 3.79. The van der Waals surface area contributed by atoms with E-state index in [4.69, 9.17) is 11.6 Å². The van der Waals surface area contributed by atoms with Gasteiger partial charge in [-0.15, -0.1) is 11.6 Å². The third-order valence-corrected chi connectivity index (χ3v) is 4.23. The largest absolute Gasteiger partial charge is 0.356 e. The molecule has 0 aromatic carbocycles. The first-order valence-corrected chi connectivity index (χ1v) is 6.81. The van der Waals surface area contributed by atoms with Crippen LogP contribution in [0, 0.1) is 0 Å². The van der Waals surface area contributed by atoms with Crippen molar-refractivity contribution < 1.29 is 0 Å². The Morgan fingerprint density at radius 3 is 3.00 bits per heavy atom. The maximum absolute atomic E-state index is 5.73. The highest BCUT2D eigenvalue weighted by Gasteiger charge is 2.20. The van der Waals surface area contributed by atoms with Crippen LogP contribution in [0.2, 0.25) is 0 Å². The molecular formula is C11H15ClN2S. The SMILES string of the molecule is CN(c1ccc(CCl)cn1)C1CCSC1. The summed E-state index contributed by atoms with van der Waals surface area (Å²) < 4.78 is 0. The molecule has 0 radical (unpaired) electrons. The molecule has 2 nitrogen and oxygen atoms in total. The van der Waals surface area contributed by atoms with Crippen LogP contribution in [0.5, 0.6) is 0 Å². The predicted molar refractivity (Wildman–Crippen MR) is 67.9 cm³/mol. The Hall–Kier alpha value is -0.410. The molecule has 0 bridgehead atoms. The molecule has 1 aromatic heterocycles. The number of hydrogen-bond donors (Lipinski definition) is 0. The van der Waals surface area contributed by atoms with Gasteiger partial charge in [0.15, 0.2) is 0 Å². The van der Waals surface area contributed by atoms with Crippen molar-refractivity contribution in [2.75, 3.05) is 23.5 Å². The van der Waals surface area contributed by atoms with Gasteiger partial charge < -0.3 is 4.90 Å². The van der Waals surface area contributed by atoms with Crippen molar-refractivity contribution >= 4 is 29.2 Å². The Morgan fingerprint density at radius 2 is 2.47 bits per heavy atom. The van der Waals surface area contributed by atoms with Gasteiger partial charge >= 0.3 is 0 Å². The standard InChI is InChI=1S/C11H15ClN2S/c1-14(10-4-5-15-8-10)11-3-2-9(6-12)7-13-11/h2-3,7,10H,4-6,8H2,1H3. The maximum atomic E-state index is 5.73. The summed E-state index contributed by atoms with van der Waals surface area (Å²) in [6.45, 7) is 0. The van der Waals surface area contributed by atoms with E-state index in [1.54, 1.807) is 0 Å². The fourth-order valence-corrected chi connectivity index (χ4v) is 3.14. The third kappa shape index (κ3) is 2.58. The Bertz CT molecular complexity index is 309. The fourth-order valence-electron chi connectivity index (χ4n) is 1.72. The quantitative estimate of drug-likeness (QED) is 0.759. The molecule has 1 aliphatic rings. The first kappa shape index (κ1) is 11.1. The van der Waals surface area contributed by atoms with Gasteiger partial charge in [-0.1, -0.05) is 6.07 Å². The molecule has 2 rings (SSSR count). The summed E-state index contributed by atoms with van der Waals surface area (Å²) in [5, 5.41) is 0. The van der Waals surface area contributed by atoms with E-state index in [0.29, 0.717) is 11.9 Å². The molecule has 4 heteroatoms. The Balaban J connectivity index is 2.07. The van der Waals surface area contributed by atoms with Gasteiger partial charge in [0, 0.05) is 30.9 Å². The van der Waals surface area contributed by atoms with Gasteiger partial charge in [0.25, 0.3) is 0 Å². The lowest BCUT2D eigenvalue weighted by atomic mass is 10.2. The fraction of sp³-hybridized carbons (Fsp3) is 0.545. The Kier molecular flexibility index (Phi) is 3.76. The van der Waals surface area contributed by atoms with Crippen LogP contribution in [-0.4, -0.2) is 29.6 Å². The minimum absolute atomic E-state index is 0.538. The van der Waals surface area contributed by atoms with Crippen LogP contribution in [0.4, 0.5) is 5.82 Å². The van der Waals surface area contributed by atoms with Crippen LogP contribution in [0.1, 0.15) is 12.0 Å². The highest BCUT2D eigenvalue weighted by atomic mass is 35.5. The molecule has 0 spiro atoms. The zero-order valence-electron chi connectivity index (χ0n) is 8.82. The highest BCUT2D eigenvalue weighted by molar-refractivity contribution is 7.99. The number of pyridine rings is 1. The van der Waals surface area contributed by atoms with Crippen LogP contribution in [0.15, 0.2) is 18.3 Å². The molecule has 0 amide bonds. The van der Waals surface area contributed by atoms with Crippen LogP contribution in [-0.2, 0) is 5.88 Å². The van der Waals surface area contributed by atoms with E-state index in [-0.39, 0.29) is 0 Å². The first-order valence-electron chi connectivity index (χ1n) is 5.12. The molecule has 1 aliphatic heterocycles. The lowest BCUT2D eigenvalue weighted by molar-refractivity contribution is 0.691. The van der Waals surface area contributed by atoms with Gasteiger partial charge in [0.1, 0.15) is 5.82 Å². The van der Waals surface area contributed by atoms with Crippen molar-refractivity contribution in [3.63, 3.8) is 0 Å². The molecule has 0 aliphatic carbocycles. The second kappa shape index (κ2) is 5.08. The third-order valence-electron chi connectivity index (χ3n) is 2.78. The van der Waals surface area contributed by atoms with Crippen molar-refractivity contribution in [2.45, 2.75) is 18.3 Å². The van der Waals surface area contributed by atoms with E-state index in [2.05, 4.69) is 23.0 Å². The molecule has 2 heterocycles. The maximum Gasteiger partial charge on any atom is 0.128 e. The summed E-state index contributed by atoms with van der Waals surface area (Å²) >= 11 is 7.75. The molecule has 1 fully saturated rings. The van der Waals surface area contributed by atoms with E-state index in [0.717, 1.165) is 11.4 Å². The zero-order chi connectivity index (χ0) is 10.7. The number of anilines is 1. The highest BCUT2D eigenvalue weighted by Crippen LogP contribution is 2.24. The van der Waals surface area contributed by atoms with Crippen molar-refractivity contribution in [3.8, 4) is 0 Å². The van der Waals surface area contributed by atoms with Gasteiger partial charge in [-0.05, 0) is 23.8 Å². The summed E-state index contributed by atoms with van der Waals surface area (Å²) in [6, 6.07) is 4.75. The second-order valence-corrected chi connectivity index (χ2v) is 5.20. The van der Waals surface area contributed by atoms with Crippen LogP contribution < -0.4 is 4.90 Å². The van der Waals surface area contributed by atoms with Crippen LogP contribution >= 0.6 is 23.4 Å². The van der Waals surface area contributed by atoms with Crippen LogP contribution in [0.25, 0.3) is 0 Å². The van der Waals surface area contributed by atoms with E-state index in [1.165, 1.54) is 17.9 Å². The average Bonchev–Trinajstić information content (AvgIpc) is 2.82. The number of nitrogens with zero attached hydrogens (tertiary/aromatic N) is 2. The number of hydrogen-bond acceptors (Lipinski definition) is 3. The molecule has 82 valence electrons. The van der Waals surface area contributed by atoms with Gasteiger partial charge in [0.05, 0.1) is 0 Å². The Morgan fingerprint density at radius 1 is 1.60 bits per heavy atom. The molecule has 0 N–H and O–H groups in total. The topological polar surface area (TPSA) is 16.1 Å². The lowest BCUT2D eigenvalue weighted by Crippen LogP contribution is -2.31. The van der Waals surface area contributed by atoms with Gasteiger partial charge in [0.2, 0.25) is 0 Å². The lowest BCUT2D eigenvalue weighted by Gasteiger charge is -2.24. The number of aromatic nitrogens is 1. The summed E-state index contributed by atoms with van der Waals surface area (Å²) in [4.78, 5) is 6.70. The van der Waals surface area contributed by atoms with E-state index >= 15 is 0 Å². The normalized spacial score (nSPS) is 20.5. The van der Waals surface area contributed by atoms with Crippen molar-refractivity contribution in [3.05, 3.63) is 23.9 Å². The molecule has 0 saturated carbocycles. The zero-order valence-corrected chi connectivity index (χ0v) is 10.4. The summed E-state index contributed by atoms with van der Waals surface area (Å²) in [6.07, 6.45) is 3.13. The number of rotatable bonds is 3. The molecule has 1 aromatic rings. The Labute approximate surface area is 100 Å².